The molecule has 6 nitrogen and oxygen atoms in total. The molecule has 0 spiro atoms. The lowest BCUT2D eigenvalue weighted by Gasteiger charge is -2.38. The van der Waals surface area contributed by atoms with Gasteiger partial charge < -0.3 is 14.8 Å². The van der Waals surface area contributed by atoms with Crippen molar-refractivity contribution in [3.8, 4) is 11.5 Å². The summed E-state index contributed by atoms with van der Waals surface area (Å²) in [4.78, 5) is 27.3. The van der Waals surface area contributed by atoms with E-state index in [0.29, 0.717) is 28.5 Å². The number of para-hydroxylation sites is 2. The maximum atomic E-state index is 14.0. The Morgan fingerprint density at radius 3 is 2.34 bits per heavy atom. The van der Waals surface area contributed by atoms with Crippen molar-refractivity contribution in [2.75, 3.05) is 24.4 Å². The molecule has 0 saturated carbocycles. The molecule has 0 saturated heterocycles. The maximum Gasteiger partial charge on any atom is 0.471 e. The smallest absolute Gasteiger partial charge is 0.471 e. The van der Waals surface area contributed by atoms with Gasteiger partial charge in [0.15, 0.2) is 5.78 Å². The number of anilines is 2. The first-order chi connectivity index (χ1) is 16.4. The Morgan fingerprint density at radius 2 is 1.71 bits per heavy atom. The largest absolute Gasteiger partial charge is 0.496 e. The molecule has 2 aliphatic rings. The van der Waals surface area contributed by atoms with Gasteiger partial charge in [0.2, 0.25) is 0 Å². The topological polar surface area (TPSA) is 67.9 Å². The Morgan fingerprint density at radius 1 is 1.09 bits per heavy atom. The van der Waals surface area contributed by atoms with Crippen molar-refractivity contribution in [1.82, 2.24) is 0 Å². The number of benzene rings is 2. The number of halogens is 4. The van der Waals surface area contributed by atoms with Gasteiger partial charge in [0, 0.05) is 23.3 Å². The molecule has 1 N–H and O–H groups in total. The minimum atomic E-state index is -5.20. The van der Waals surface area contributed by atoms with Crippen LogP contribution in [0.1, 0.15) is 38.3 Å². The Hall–Kier alpha value is -3.01. The predicted octanol–water partition coefficient (Wildman–Crippen LogP) is 6.17. The van der Waals surface area contributed by atoms with E-state index in [-0.39, 0.29) is 39.3 Å². The van der Waals surface area contributed by atoms with Gasteiger partial charge in [-0.3, -0.25) is 14.5 Å². The van der Waals surface area contributed by atoms with Crippen LogP contribution in [0.4, 0.5) is 24.5 Å². The summed E-state index contributed by atoms with van der Waals surface area (Å²) in [7, 11) is 2.79. The second kappa shape index (κ2) is 8.89. The fourth-order valence-electron chi connectivity index (χ4n) is 4.77. The van der Waals surface area contributed by atoms with Gasteiger partial charge in [0.25, 0.3) is 0 Å². The van der Waals surface area contributed by atoms with E-state index < -0.39 is 23.5 Å². The molecule has 35 heavy (non-hydrogen) atoms. The third-order valence-electron chi connectivity index (χ3n) is 6.18. The molecule has 0 unspecified atom stereocenters. The van der Waals surface area contributed by atoms with Gasteiger partial charge in [-0.15, -0.1) is 0 Å². The fourth-order valence-corrected chi connectivity index (χ4v) is 5.47. The van der Waals surface area contributed by atoms with Crippen LogP contribution in [0.3, 0.4) is 0 Å². The molecule has 1 atom stereocenters. The second-order valence-electron chi connectivity index (χ2n) is 9.25. The fraction of sp³-hybridized carbons (Fsp3) is 0.360. The molecule has 0 aromatic heterocycles. The van der Waals surface area contributed by atoms with Crippen LogP contribution in [0.25, 0.3) is 0 Å². The summed E-state index contributed by atoms with van der Waals surface area (Å²) in [5, 5.41) is 3.18. The van der Waals surface area contributed by atoms with E-state index in [0.717, 1.165) is 0 Å². The highest BCUT2D eigenvalue weighted by atomic mass is 79.9. The summed E-state index contributed by atoms with van der Waals surface area (Å²) in [5.74, 6) is -1.93. The normalized spacial score (nSPS) is 19.4. The molecule has 1 aliphatic heterocycles. The molecule has 1 amide bonds. The summed E-state index contributed by atoms with van der Waals surface area (Å²) < 4.78 is 53.3. The number of methoxy groups -OCH3 is 2. The van der Waals surface area contributed by atoms with Crippen molar-refractivity contribution in [3.63, 3.8) is 0 Å². The molecule has 4 rings (SSSR count). The molecule has 0 fully saturated rings. The van der Waals surface area contributed by atoms with E-state index in [2.05, 4.69) is 21.2 Å². The lowest BCUT2D eigenvalue weighted by Crippen LogP contribution is -2.45. The van der Waals surface area contributed by atoms with Crippen molar-refractivity contribution in [2.45, 2.75) is 38.9 Å². The number of carbonyl (C=O) groups excluding carboxylic acids is 2. The maximum absolute atomic E-state index is 14.0. The van der Waals surface area contributed by atoms with Gasteiger partial charge in [0.05, 0.1) is 36.1 Å². The van der Waals surface area contributed by atoms with Crippen molar-refractivity contribution >= 4 is 39.0 Å². The van der Waals surface area contributed by atoms with Crippen LogP contribution in [0.2, 0.25) is 0 Å². The molecule has 10 heteroatoms. The Bertz CT molecular complexity index is 1240. The van der Waals surface area contributed by atoms with Gasteiger partial charge >= 0.3 is 12.1 Å². The summed E-state index contributed by atoms with van der Waals surface area (Å²) in [6.07, 6.45) is -4.69. The Labute approximate surface area is 209 Å². The summed E-state index contributed by atoms with van der Waals surface area (Å²) in [6.45, 7) is 3.84. The number of hydrogen-bond acceptors (Lipinski definition) is 5. The summed E-state index contributed by atoms with van der Waals surface area (Å²) in [5.41, 5.74) is 0.605. The number of alkyl halides is 3. The molecule has 1 aliphatic carbocycles. The van der Waals surface area contributed by atoms with Gasteiger partial charge in [-0.2, -0.15) is 13.2 Å². The number of fused-ring (bicyclic) bond motifs is 1. The first-order valence-electron chi connectivity index (χ1n) is 10.8. The van der Waals surface area contributed by atoms with Crippen LogP contribution in [0.5, 0.6) is 11.5 Å². The third-order valence-corrected chi connectivity index (χ3v) is 7.00. The van der Waals surface area contributed by atoms with Crippen LogP contribution >= 0.6 is 15.9 Å². The second-order valence-corrected chi connectivity index (χ2v) is 10.0. The highest BCUT2D eigenvalue weighted by molar-refractivity contribution is 9.10. The van der Waals surface area contributed by atoms with Crippen molar-refractivity contribution in [3.05, 3.63) is 57.7 Å². The average molecular weight is 553 g/mol. The number of rotatable bonds is 3. The number of amides is 1. The number of nitrogens with zero attached hydrogens (tertiary/aromatic N) is 1. The average Bonchev–Trinajstić information content (AvgIpc) is 2.90. The monoisotopic (exact) mass is 552 g/mol. The lowest BCUT2D eigenvalue weighted by molar-refractivity contribution is -0.170. The van der Waals surface area contributed by atoms with Crippen LogP contribution in [0, 0.1) is 5.41 Å². The minimum Gasteiger partial charge on any atom is -0.496 e. The van der Waals surface area contributed by atoms with Crippen LogP contribution in [-0.4, -0.2) is 32.1 Å². The molecule has 2 aromatic carbocycles. The lowest BCUT2D eigenvalue weighted by atomic mass is 9.73. The van der Waals surface area contributed by atoms with E-state index in [1.54, 1.807) is 24.3 Å². The van der Waals surface area contributed by atoms with E-state index in [1.807, 2.05) is 13.8 Å². The van der Waals surface area contributed by atoms with E-state index in [4.69, 9.17) is 9.47 Å². The zero-order valence-electron chi connectivity index (χ0n) is 19.5. The van der Waals surface area contributed by atoms with Gasteiger partial charge in [-0.1, -0.05) is 26.0 Å². The molecule has 186 valence electrons. The van der Waals surface area contributed by atoms with E-state index >= 15 is 0 Å². The number of hydrogen-bond donors (Lipinski definition) is 1. The SMILES string of the molecule is COc1ccc(OC)c([C@@H]2C3=C(CC(C)(C)CC3=O)Nc3ccccc3N2C(=O)C(F)(F)F)c1Br. The Balaban J connectivity index is 2.14. The zero-order chi connectivity index (χ0) is 25.7. The summed E-state index contributed by atoms with van der Waals surface area (Å²) in [6, 6.07) is 7.90. The number of nitrogens with one attached hydrogen (secondary N) is 1. The number of ether oxygens (including phenoxy) is 2. The van der Waals surface area contributed by atoms with Gasteiger partial charge in [0.1, 0.15) is 11.5 Å². The number of Topliss-reactive ketones (excluding diaryl/α,β-unsaturated/α-hetero) is 1. The number of allylic oxidation sites excluding steroid dienone is 1. The molecule has 1 heterocycles. The highest BCUT2D eigenvalue weighted by Crippen LogP contribution is 2.53. The predicted molar refractivity (Wildman–Crippen MR) is 129 cm³/mol. The first kappa shape index (κ1) is 25.1. The summed E-state index contributed by atoms with van der Waals surface area (Å²) >= 11 is 3.44. The minimum absolute atomic E-state index is 0.00314. The molecule has 0 radical (unpaired) electrons. The zero-order valence-corrected chi connectivity index (χ0v) is 21.1. The van der Waals surface area contributed by atoms with Crippen LogP contribution in [-0.2, 0) is 9.59 Å². The molecule has 0 bridgehead atoms. The molecular weight excluding hydrogens is 529 g/mol. The van der Waals surface area contributed by atoms with Crippen LogP contribution in [0.15, 0.2) is 52.1 Å². The molecule has 2 aromatic rings. The van der Waals surface area contributed by atoms with Gasteiger partial charge in [-0.25, -0.2) is 0 Å². The van der Waals surface area contributed by atoms with E-state index in [1.165, 1.54) is 26.4 Å². The van der Waals surface area contributed by atoms with Crippen molar-refractivity contribution in [1.29, 1.82) is 0 Å². The van der Waals surface area contributed by atoms with E-state index in [9.17, 15) is 22.8 Å². The standard InChI is InChI=1S/C25H24BrF3N2O4/c1-24(2)11-14-19(16(32)12-24)22(20-17(34-3)9-10-18(35-4)21(20)26)31(23(33)25(27,28)29)15-8-6-5-7-13(15)30-14/h5-10,22,30H,11-12H2,1-4H3/t22-/m0/s1. The van der Waals surface area contributed by atoms with Crippen molar-refractivity contribution < 1.29 is 32.2 Å². The Kier molecular flexibility index (Phi) is 6.37. The molecular formula is C25H24BrF3N2O4. The quantitative estimate of drug-likeness (QED) is 0.493. The highest BCUT2D eigenvalue weighted by Gasteiger charge is 2.51. The van der Waals surface area contributed by atoms with Crippen molar-refractivity contribution in [2.24, 2.45) is 5.41 Å². The number of carbonyl (C=O) groups is 2. The first-order valence-corrected chi connectivity index (χ1v) is 11.6. The van der Waals surface area contributed by atoms with Gasteiger partial charge in [-0.05, 0) is 52.0 Å². The number of ketones is 1. The third kappa shape index (κ3) is 4.39. The van der Waals surface area contributed by atoms with Crippen LogP contribution < -0.4 is 19.7 Å².